The van der Waals surface area contributed by atoms with E-state index >= 15 is 0 Å². The molecular formula is C21H31Cl2IN6. The predicted octanol–water partition coefficient (Wildman–Crippen LogP) is 4.34. The molecular weight excluding hydrogens is 534 g/mol. The number of nitrogens with zero attached hydrogens (tertiary/aromatic N) is 4. The van der Waals surface area contributed by atoms with Gasteiger partial charge in [0.15, 0.2) is 5.96 Å². The quantitative estimate of drug-likeness (QED) is 0.298. The van der Waals surface area contributed by atoms with Crippen molar-refractivity contribution in [3.63, 3.8) is 0 Å². The van der Waals surface area contributed by atoms with Gasteiger partial charge in [0.05, 0.1) is 29.3 Å². The normalized spacial score (nSPS) is 15.7. The first-order valence-corrected chi connectivity index (χ1v) is 11.0. The van der Waals surface area contributed by atoms with E-state index in [9.17, 15) is 0 Å². The maximum absolute atomic E-state index is 6.14. The zero-order chi connectivity index (χ0) is 20.6. The summed E-state index contributed by atoms with van der Waals surface area (Å²) < 4.78 is 1.93. The second-order valence-corrected chi connectivity index (χ2v) is 8.30. The van der Waals surface area contributed by atoms with E-state index in [4.69, 9.17) is 28.2 Å². The first-order chi connectivity index (χ1) is 14.0. The largest absolute Gasteiger partial charge is 0.357 e. The van der Waals surface area contributed by atoms with E-state index in [0.717, 1.165) is 51.5 Å². The van der Waals surface area contributed by atoms with Gasteiger partial charge in [-0.2, -0.15) is 5.10 Å². The number of likely N-dealkylation sites (tertiary alicyclic amines) is 1. The van der Waals surface area contributed by atoms with Crippen LogP contribution in [0.15, 0.2) is 35.6 Å². The van der Waals surface area contributed by atoms with E-state index < -0.39 is 0 Å². The van der Waals surface area contributed by atoms with Crippen LogP contribution < -0.4 is 10.6 Å². The molecule has 1 aromatic heterocycles. The lowest BCUT2D eigenvalue weighted by Gasteiger charge is -2.33. The molecule has 0 unspecified atom stereocenters. The van der Waals surface area contributed by atoms with Gasteiger partial charge in [-0.05, 0) is 49.9 Å². The molecule has 30 heavy (non-hydrogen) atoms. The van der Waals surface area contributed by atoms with Crippen molar-refractivity contribution in [1.29, 1.82) is 0 Å². The molecule has 2 aromatic rings. The minimum Gasteiger partial charge on any atom is -0.357 e. The minimum absolute atomic E-state index is 0. The summed E-state index contributed by atoms with van der Waals surface area (Å²) in [5, 5.41) is 12.5. The highest BCUT2D eigenvalue weighted by atomic mass is 127. The standard InChI is InChI=1S/C21H30Cl2N6.HI/c1-3-24-21(25-8-11-29-14-16(2)13-26-29)27-18-6-9-28(10-7-18)15-17-4-5-19(22)20(23)12-17;/h4-5,12-14,18H,3,6-11,15H2,1-2H3,(H2,24,25,27);1H. The van der Waals surface area contributed by atoms with Crippen LogP contribution in [0.5, 0.6) is 0 Å². The Morgan fingerprint density at radius 3 is 2.63 bits per heavy atom. The third-order valence-corrected chi connectivity index (χ3v) is 5.76. The molecule has 3 rings (SSSR count). The Labute approximate surface area is 206 Å². The summed E-state index contributed by atoms with van der Waals surface area (Å²) in [4.78, 5) is 7.17. The third kappa shape index (κ3) is 7.90. The van der Waals surface area contributed by atoms with Crippen molar-refractivity contribution in [2.24, 2.45) is 4.99 Å². The van der Waals surface area contributed by atoms with Crippen molar-refractivity contribution in [3.8, 4) is 0 Å². The third-order valence-electron chi connectivity index (χ3n) is 5.02. The lowest BCUT2D eigenvalue weighted by molar-refractivity contribution is 0.198. The molecule has 1 aliphatic rings. The summed E-state index contributed by atoms with van der Waals surface area (Å²) in [7, 11) is 0. The van der Waals surface area contributed by atoms with Crippen molar-refractivity contribution in [2.45, 2.75) is 45.8 Å². The van der Waals surface area contributed by atoms with Crippen LogP contribution in [0.1, 0.15) is 30.9 Å². The van der Waals surface area contributed by atoms with Crippen molar-refractivity contribution >= 4 is 53.1 Å². The Balaban J connectivity index is 0.00000320. The summed E-state index contributed by atoms with van der Waals surface area (Å²) in [5.41, 5.74) is 2.38. The van der Waals surface area contributed by atoms with Gasteiger partial charge in [-0.15, -0.1) is 24.0 Å². The van der Waals surface area contributed by atoms with Gasteiger partial charge in [0.1, 0.15) is 0 Å². The first kappa shape index (κ1) is 25.2. The van der Waals surface area contributed by atoms with E-state index in [2.05, 4.69) is 33.6 Å². The monoisotopic (exact) mass is 564 g/mol. The van der Waals surface area contributed by atoms with Gasteiger partial charge < -0.3 is 10.6 Å². The molecule has 1 fully saturated rings. The molecule has 1 saturated heterocycles. The van der Waals surface area contributed by atoms with Crippen LogP contribution in [0.3, 0.4) is 0 Å². The number of halogens is 3. The molecule has 0 aliphatic carbocycles. The number of guanidine groups is 1. The maximum Gasteiger partial charge on any atom is 0.191 e. The number of hydrogen-bond donors (Lipinski definition) is 2. The minimum atomic E-state index is 0. The number of aromatic nitrogens is 2. The topological polar surface area (TPSA) is 57.5 Å². The fraction of sp³-hybridized carbons (Fsp3) is 0.524. The fourth-order valence-electron chi connectivity index (χ4n) is 3.50. The first-order valence-electron chi connectivity index (χ1n) is 10.2. The average molecular weight is 565 g/mol. The highest BCUT2D eigenvalue weighted by molar-refractivity contribution is 14.0. The van der Waals surface area contributed by atoms with Crippen LogP contribution in [-0.2, 0) is 13.1 Å². The molecule has 2 heterocycles. The number of nitrogens with one attached hydrogen (secondary N) is 2. The molecule has 166 valence electrons. The van der Waals surface area contributed by atoms with Gasteiger partial charge in [0.25, 0.3) is 0 Å². The highest BCUT2D eigenvalue weighted by Crippen LogP contribution is 2.24. The second-order valence-electron chi connectivity index (χ2n) is 7.48. The summed E-state index contributed by atoms with van der Waals surface area (Å²) in [6.45, 7) is 9.47. The lowest BCUT2D eigenvalue weighted by Crippen LogP contribution is -2.48. The highest BCUT2D eigenvalue weighted by Gasteiger charge is 2.20. The number of piperidine rings is 1. The summed E-state index contributed by atoms with van der Waals surface area (Å²) in [5.74, 6) is 0.888. The van der Waals surface area contributed by atoms with Crippen molar-refractivity contribution in [1.82, 2.24) is 25.3 Å². The van der Waals surface area contributed by atoms with Crippen molar-refractivity contribution < 1.29 is 0 Å². The molecule has 2 N–H and O–H groups in total. The molecule has 0 saturated carbocycles. The SMILES string of the molecule is CCNC(=NCCn1cc(C)cn1)NC1CCN(Cc2ccc(Cl)c(Cl)c2)CC1.I. The molecule has 6 nitrogen and oxygen atoms in total. The van der Waals surface area contributed by atoms with Crippen LogP contribution in [0.4, 0.5) is 0 Å². The molecule has 1 aliphatic heterocycles. The lowest BCUT2D eigenvalue weighted by atomic mass is 10.0. The van der Waals surface area contributed by atoms with Crippen molar-refractivity contribution in [3.05, 3.63) is 51.8 Å². The molecule has 9 heteroatoms. The summed E-state index contributed by atoms with van der Waals surface area (Å²) >= 11 is 12.2. The van der Waals surface area contributed by atoms with Crippen molar-refractivity contribution in [2.75, 3.05) is 26.2 Å². The van der Waals surface area contributed by atoms with E-state index in [0.29, 0.717) is 22.6 Å². The second kappa shape index (κ2) is 12.7. The Morgan fingerprint density at radius 1 is 1.23 bits per heavy atom. The number of aliphatic imine (C=N–C) groups is 1. The van der Waals surface area contributed by atoms with E-state index in [1.807, 2.05) is 36.1 Å². The molecule has 1 aromatic carbocycles. The van der Waals surface area contributed by atoms with E-state index in [-0.39, 0.29) is 24.0 Å². The molecule has 0 amide bonds. The molecule has 0 atom stereocenters. The zero-order valence-electron chi connectivity index (χ0n) is 17.6. The average Bonchev–Trinajstić information content (AvgIpc) is 3.11. The number of benzene rings is 1. The smallest absolute Gasteiger partial charge is 0.191 e. The van der Waals surface area contributed by atoms with E-state index in [1.54, 1.807) is 0 Å². The van der Waals surface area contributed by atoms with Gasteiger partial charge in [0, 0.05) is 38.4 Å². The Kier molecular flexibility index (Phi) is 10.7. The van der Waals surface area contributed by atoms with Gasteiger partial charge in [-0.3, -0.25) is 14.6 Å². The number of rotatable bonds is 7. The summed E-state index contributed by atoms with van der Waals surface area (Å²) in [6.07, 6.45) is 6.09. The van der Waals surface area contributed by atoms with Gasteiger partial charge in [-0.25, -0.2) is 0 Å². The van der Waals surface area contributed by atoms with Crippen LogP contribution in [0.25, 0.3) is 0 Å². The summed E-state index contributed by atoms with van der Waals surface area (Å²) in [6, 6.07) is 6.32. The number of aryl methyl sites for hydroxylation is 1. The molecule has 0 spiro atoms. The number of hydrogen-bond acceptors (Lipinski definition) is 3. The van der Waals surface area contributed by atoms with Gasteiger partial charge in [0.2, 0.25) is 0 Å². The van der Waals surface area contributed by atoms with Gasteiger partial charge >= 0.3 is 0 Å². The van der Waals surface area contributed by atoms with Crippen LogP contribution in [0, 0.1) is 6.92 Å². The van der Waals surface area contributed by atoms with Crippen LogP contribution >= 0.6 is 47.2 Å². The van der Waals surface area contributed by atoms with Crippen LogP contribution in [-0.4, -0.2) is 52.9 Å². The molecule has 0 radical (unpaired) electrons. The maximum atomic E-state index is 6.14. The predicted molar refractivity (Wildman–Crippen MR) is 136 cm³/mol. The van der Waals surface area contributed by atoms with Gasteiger partial charge in [-0.1, -0.05) is 29.3 Å². The van der Waals surface area contributed by atoms with Crippen LogP contribution in [0.2, 0.25) is 10.0 Å². The zero-order valence-corrected chi connectivity index (χ0v) is 21.4. The fourth-order valence-corrected chi connectivity index (χ4v) is 3.82. The Morgan fingerprint density at radius 2 is 2.00 bits per heavy atom. The molecule has 0 bridgehead atoms. The Bertz CT molecular complexity index is 818. The Hall–Kier alpha value is -1.03. The van der Waals surface area contributed by atoms with E-state index in [1.165, 1.54) is 11.1 Å².